The maximum absolute atomic E-state index is 5.95. The quantitative estimate of drug-likeness (QED) is 0.758. The molecule has 136 valence electrons. The molecule has 6 nitrogen and oxygen atoms in total. The van der Waals surface area contributed by atoms with E-state index in [2.05, 4.69) is 35.2 Å². The zero-order chi connectivity index (χ0) is 17.7. The number of hydrogen-bond acceptors (Lipinski definition) is 7. The molecule has 3 aromatic rings. The molecule has 1 atom stereocenters. The van der Waals surface area contributed by atoms with Gasteiger partial charge in [-0.2, -0.15) is 0 Å². The van der Waals surface area contributed by atoms with E-state index in [-0.39, 0.29) is 11.7 Å². The molecule has 1 N–H and O–H groups in total. The molecule has 3 aromatic heterocycles. The van der Waals surface area contributed by atoms with Crippen molar-refractivity contribution in [3.8, 4) is 0 Å². The summed E-state index contributed by atoms with van der Waals surface area (Å²) in [6, 6.07) is 2.20. The van der Waals surface area contributed by atoms with E-state index in [9.17, 15) is 0 Å². The van der Waals surface area contributed by atoms with Crippen molar-refractivity contribution in [2.75, 3.05) is 18.5 Å². The molecule has 26 heavy (non-hydrogen) atoms. The molecule has 0 bridgehead atoms. The van der Waals surface area contributed by atoms with E-state index in [0.29, 0.717) is 6.61 Å². The Kier molecular flexibility index (Phi) is 3.84. The third-order valence-corrected chi connectivity index (χ3v) is 6.24. The van der Waals surface area contributed by atoms with Crippen LogP contribution in [0.3, 0.4) is 0 Å². The molecule has 7 heteroatoms. The van der Waals surface area contributed by atoms with Gasteiger partial charge in [0.1, 0.15) is 17.0 Å². The summed E-state index contributed by atoms with van der Waals surface area (Å²) < 4.78 is 12.7. The highest BCUT2D eigenvalue weighted by Crippen LogP contribution is 2.38. The zero-order valence-electron chi connectivity index (χ0n) is 15.0. The third-order valence-electron chi connectivity index (χ3n) is 5.15. The highest BCUT2D eigenvalue weighted by atomic mass is 32.1. The molecular weight excluding hydrogens is 348 g/mol. The predicted octanol–water partition coefficient (Wildman–Crippen LogP) is 3.68. The molecule has 1 fully saturated rings. The van der Waals surface area contributed by atoms with Crippen molar-refractivity contribution in [2.45, 2.75) is 51.4 Å². The Balaban J connectivity index is 1.54. The molecule has 0 unspecified atom stereocenters. The van der Waals surface area contributed by atoms with Gasteiger partial charge in [0.15, 0.2) is 0 Å². The van der Waals surface area contributed by atoms with Crippen molar-refractivity contribution in [1.82, 2.24) is 15.0 Å². The monoisotopic (exact) mass is 370 g/mol. The summed E-state index contributed by atoms with van der Waals surface area (Å²) in [5, 5.41) is 4.55. The first-order chi connectivity index (χ1) is 12.6. The Morgan fingerprint density at radius 2 is 2.27 bits per heavy atom. The first kappa shape index (κ1) is 16.4. The molecule has 2 aliphatic heterocycles. The lowest BCUT2D eigenvalue weighted by Crippen LogP contribution is -2.32. The fourth-order valence-corrected chi connectivity index (χ4v) is 4.82. The van der Waals surface area contributed by atoms with E-state index < -0.39 is 0 Å². The molecule has 1 saturated heterocycles. The third kappa shape index (κ3) is 2.84. The number of fused-ring (bicyclic) bond motifs is 4. The van der Waals surface area contributed by atoms with Gasteiger partial charge in [-0.15, -0.1) is 11.3 Å². The van der Waals surface area contributed by atoms with E-state index >= 15 is 0 Å². The summed E-state index contributed by atoms with van der Waals surface area (Å²) in [7, 11) is 0. The van der Waals surface area contributed by atoms with Crippen LogP contribution in [-0.4, -0.2) is 39.8 Å². The fraction of sp³-hybridized carbons (Fsp3) is 0.526. The fourth-order valence-electron chi connectivity index (χ4n) is 3.73. The standard InChI is InChI=1S/C19H22N4O2S/c1-19(2)7-14-11(9-25-19)6-13-15-16(26-18(13)23-14)17(22-10-21-15)20-8-12-4-3-5-24-12/h6,10,12H,3-5,7-9H2,1-2H3,(H,20,21,22)/t12-/m0/s1. The van der Waals surface area contributed by atoms with Crippen molar-refractivity contribution in [3.63, 3.8) is 0 Å². The Bertz CT molecular complexity index is 978. The van der Waals surface area contributed by atoms with Crippen molar-refractivity contribution in [3.05, 3.63) is 23.7 Å². The number of anilines is 1. The number of ether oxygens (including phenoxy) is 2. The van der Waals surface area contributed by atoms with Gasteiger partial charge in [-0.05, 0) is 32.8 Å². The molecule has 0 saturated carbocycles. The average molecular weight is 370 g/mol. The molecule has 0 amide bonds. The van der Waals surface area contributed by atoms with Crippen LogP contribution in [0.4, 0.5) is 5.82 Å². The van der Waals surface area contributed by atoms with Gasteiger partial charge in [-0.3, -0.25) is 0 Å². The van der Waals surface area contributed by atoms with Crippen LogP contribution >= 0.6 is 11.3 Å². The lowest BCUT2D eigenvalue weighted by atomic mass is 9.95. The molecular formula is C19H22N4O2S. The van der Waals surface area contributed by atoms with Crippen LogP contribution in [0.15, 0.2) is 12.4 Å². The maximum atomic E-state index is 5.95. The smallest absolute Gasteiger partial charge is 0.147 e. The summed E-state index contributed by atoms with van der Waals surface area (Å²) in [4.78, 5) is 15.0. The van der Waals surface area contributed by atoms with E-state index in [1.165, 1.54) is 5.56 Å². The van der Waals surface area contributed by atoms with Crippen molar-refractivity contribution in [1.29, 1.82) is 0 Å². The zero-order valence-corrected chi connectivity index (χ0v) is 15.9. The van der Waals surface area contributed by atoms with Gasteiger partial charge in [0.05, 0.1) is 34.2 Å². The average Bonchev–Trinajstić information content (AvgIpc) is 3.25. The second-order valence-electron chi connectivity index (χ2n) is 7.69. The molecule has 5 rings (SSSR count). The van der Waals surface area contributed by atoms with Gasteiger partial charge in [0.2, 0.25) is 0 Å². The lowest BCUT2D eigenvalue weighted by Gasteiger charge is -2.30. The summed E-state index contributed by atoms with van der Waals surface area (Å²) in [6.07, 6.45) is 4.99. The number of hydrogen-bond donors (Lipinski definition) is 1. The summed E-state index contributed by atoms with van der Waals surface area (Å²) in [5.41, 5.74) is 3.12. The van der Waals surface area contributed by atoms with Crippen LogP contribution in [0, 0.1) is 0 Å². The van der Waals surface area contributed by atoms with Crippen LogP contribution < -0.4 is 5.32 Å². The number of nitrogens with one attached hydrogen (secondary N) is 1. The van der Waals surface area contributed by atoms with Crippen LogP contribution in [0.5, 0.6) is 0 Å². The molecule has 0 aromatic carbocycles. The largest absolute Gasteiger partial charge is 0.376 e. The van der Waals surface area contributed by atoms with Gasteiger partial charge >= 0.3 is 0 Å². The molecule has 2 aliphatic rings. The Morgan fingerprint density at radius 1 is 1.35 bits per heavy atom. The summed E-state index contributed by atoms with van der Waals surface area (Å²) in [5.74, 6) is 0.878. The minimum Gasteiger partial charge on any atom is -0.376 e. The Hall–Kier alpha value is -1.83. The van der Waals surface area contributed by atoms with Crippen LogP contribution in [-0.2, 0) is 22.5 Å². The lowest BCUT2D eigenvalue weighted by molar-refractivity contribution is -0.0411. The van der Waals surface area contributed by atoms with E-state index in [0.717, 1.165) is 64.4 Å². The second-order valence-corrected chi connectivity index (χ2v) is 8.69. The van der Waals surface area contributed by atoms with Crippen LogP contribution in [0.1, 0.15) is 37.9 Å². The van der Waals surface area contributed by atoms with Crippen molar-refractivity contribution in [2.24, 2.45) is 0 Å². The summed E-state index contributed by atoms with van der Waals surface area (Å²) in [6.45, 7) is 6.49. The van der Waals surface area contributed by atoms with Gasteiger partial charge in [-0.1, -0.05) is 0 Å². The molecule has 0 spiro atoms. The van der Waals surface area contributed by atoms with Crippen LogP contribution in [0.2, 0.25) is 0 Å². The molecule has 0 radical (unpaired) electrons. The van der Waals surface area contributed by atoms with Gasteiger partial charge in [-0.25, -0.2) is 15.0 Å². The topological polar surface area (TPSA) is 69.2 Å². The van der Waals surface area contributed by atoms with Crippen molar-refractivity contribution < 1.29 is 9.47 Å². The van der Waals surface area contributed by atoms with Gasteiger partial charge in [0, 0.05) is 30.5 Å². The molecule has 5 heterocycles. The minimum atomic E-state index is -0.155. The summed E-state index contributed by atoms with van der Waals surface area (Å²) >= 11 is 1.66. The Labute approximate surface area is 156 Å². The first-order valence-electron chi connectivity index (χ1n) is 9.14. The highest BCUT2D eigenvalue weighted by molar-refractivity contribution is 7.25. The number of rotatable bonds is 3. The van der Waals surface area contributed by atoms with E-state index in [1.54, 1.807) is 17.7 Å². The highest BCUT2D eigenvalue weighted by Gasteiger charge is 2.28. The Morgan fingerprint density at radius 3 is 3.12 bits per heavy atom. The second kappa shape index (κ2) is 6.11. The minimum absolute atomic E-state index is 0.155. The van der Waals surface area contributed by atoms with E-state index in [4.69, 9.17) is 14.5 Å². The number of thiophene rings is 1. The number of nitrogens with zero attached hydrogens (tertiary/aromatic N) is 3. The number of pyridine rings is 1. The van der Waals surface area contributed by atoms with Gasteiger partial charge < -0.3 is 14.8 Å². The normalized spacial score (nSPS) is 22.0. The van der Waals surface area contributed by atoms with Gasteiger partial charge in [0.25, 0.3) is 0 Å². The van der Waals surface area contributed by atoms with Crippen molar-refractivity contribution >= 4 is 37.6 Å². The maximum Gasteiger partial charge on any atom is 0.147 e. The SMILES string of the molecule is CC1(C)Cc2nc3sc4c(NC[C@@H]5CCCO5)ncnc4c3cc2CO1. The van der Waals surface area contributed by atoms with E-state index in [1.807, 2.05) is 0 Å². The predicted molar refractivity (Wildman–Crippen MR) is 103 cm³/mol. The number of aromatic nitrogens is 3. The van der Waals surface area contributed by atoms with Crippen LogP contribution in [0.25, 0.3) is 20.4 Å². The first-order valence-corrected chi connectivity index (χ1v) is 9.96. The molecule has 0 aliphatic carbocycles.